The largest absolute Gasteiger partial charge is 0.480 e. The van der Waals surface area contributed by atoms with Crippen molar-refractivity contribution >= 4 is 21.1 Å². The highest BCUT2D eigenvalue weighted by Gasteiger charge is 2.47. The van der Waals surface area contributed by atoms with E-state index in [1.807, 2.05) is 0 Å². The van der Waals surface area contributed by atoms with Crippen LogP contribution in [0.4, 0.5) is 0 Å². The first-order valence-electron chi connectivity index (χ1n) is 4.05. The Kier molecular flexibility index (Phi) is 1.88. The molecule has 13 heavy (non-hydrogen) atoms. The standard InChI is InChI=1S/C7H9NO4S/c9-7(10)5-3-6(13(11)12)4-1-2-8(4)5/h4-5H,1-3H2,(H,9,10). The van der Waals surface area contributed by atoms with Gasteiger partial charge < -0.3 is 5.11 Å². The van der Waals surface area contributed by atoms with Gasteiger partial charge in [-0.1, -0.05) is 0 Å². The molecular weight excluding hydrogens is 194 g/mol. The minimum atomic E-state index is -2.22. The lowest BCUT2D eigenvalue weighted by Crippen LogP contribution is -2.51. The first-order chi connectivity index (χ1) is 6.11. The van der Waals surface area contributed by atoms with Crippen molar-refractivity contribution in [2.24, 2.45) is 0 Å². The van der Waals surface area contributed by atoms with Gasteiger partial charge in [-0.05, 0) is 6.42 Å². The number of aliphatic carboxylic acids is 1. The molecule has 0 aromatic heterocycles. The van der Waals surface area contributed by atoms with Crippen molar-refractivity contribution in [3.05, 3.63) is 0 Å². The summed E-state index contributed by atoms with van der Waals surface area (Å²) in [5.41, 5.74) is 0. The van der Waals surface area contributed by atoms with E-state index in [9.17, 15) is 13.2 Å². The minimum Gasteiger partial charge on any atom is -0.480 e. The topological polar surface area (TPSA) is 74.7 Å². The summed E-state index contributed by atoms with van der Waals surface area (Å²) in [5, 5.41) is 8.78. The normalized spacial score (nSPS) is 32.5. The predicted octanol–water partition coefficient (Wildman–Crippen LogP) is -1.03. The van der Waals surface area contributed by atoms with E-state index in [0.29, 0.717) is 11.4 Å². The molecule has 72 valence electrons. The van der Waals surface area contributed by atoms with Crippen LogP contribution in [0.2, 0.25) is 0 Å². The van der Waals surface area contributed by atoms with Gasteiger partial charge >= 0.3 is 5.97 Å². The maximum Gasteiger partial charge on any atom is 0.321 e. The minimum absolute atomic E-state index is 0.126. The summed E-state index contributed by atoms with van der Waals surface area (Å²) in [5.74, 6) is -0.926. The molecule has 0 amide bonds. The Hall–Kier alpha value is -0.880. The number of fused-ring (bicyclic) bond motifs is 1. The molecule has 2 fully saturated rings. The van der Waals surface area contributed by atoms with Crippen LogP contribution in [-0.4, -0.2) is 47.9 Å². The molecule has 2 atom stereocenters. The fourth-order valence-electron chi connectivity index (χ4n) is 1.98. The summed E-state index contributed by atoms with van der Waals surface area (Å²) in [6.45, 7) is 0.697. The van der Waals surface area contributed by atoms with Gasteiger partial charge in [0.1, 0.15) is 6.04 Å². The Morgan fingerprint density at radius 3 is 2.46 bits per heavy atom. The summed E-state index contributed by atoms with van der Waals surface area (Å²) in [6, 6.07) is -0.744. The summed E-state index contributed by atoms with van der Waals surface area (Å²) >= 11 is 0. The summed E-state index contributed by atoms with van der Waals surface area (Å²) in [6.07, 6.45) is 0.934. The third-order valence-corrected chi connectivity index (χ3v) is 3.59. The molecular formula is C7H9NO4S. The first-order valence-corrected chi connectivity index (χ1v) is 5.12. The molecule has 2 aliphatic rings. The zero-order valence-corrected chi connectivity index (χ0v) is 7.62. The van der Waals surface area contributed by atoms with E-state index in [4.69, 9.17) is 5.11 Å². The number of rotatable bonds is 1. The first kappa shape index (κ1) is 8.71. The fourth-order valence-corrected chi connectivity index (χ4v) is 2.75. The fraction of sp³-hybridized carbons (Fsp3) is 0.714. The van der Waals surface area contributed by atoms with Crippen LogP contribution >= 0.6 is 0 Å². The zero-order chi connectivity index (χ0) is 9.59. The highest BCUT2D eigenvalue weighted by molar-refractivity contribution is 7.73. The third kappa shape index (κ3) is 1.17. The Morgan fingerprint density at radius 2 is 2.23 bits per heavy atom. The van der Waals surface area contributed by atoms with Crippen molar-refractivity contribution in [3.63, 3.8) is 0 Å². The van der Waals surface area contributed by atoms with Crippen molar-refractivity contribution in [2.75, 3.05) is 6.54 Å². The number of carbonyl (C=O) groups is 1. The maximum absolute atomic E-state index is 10.7. The van der Waals surface area contributed by atoms with E-state index in [1.165, 1.54) is 0 Å². The SMILES string of the molecule is O=C(O)C1CC(=S(=O)=O)C2CCN12. The lowest BCUT2D eigenvalue weighted by atomic mass is 10.1. The third-order valence-electron chi connectivity index (χ3n) is 2.73. The molecule has 2 heterocycles. The monoisotopic (exact) mass is 203 g/mol. The summed E-state index contributed by atoms with van der Waals surface area (Å²) < 4.78 is 21.4. The van der Waals surface area contributed by atoms with E-state index >= 15 is 0 Å². The maximum atomic E-state index is 10.7. The van der Waals surface area contributed by atoms with Crippen molar-refractivity contribution < 1.29 is 18.3 Å². The molecule has 0 saturated carbocycles. The number of nitrogens with zero attached hydrogens (tertiary/aromatic N) is 1. The average Bonchev–Trinajstić information content (AvgIpc) is 2.22. The van der Waals surface area contributed by atoms with Crippen molar-refractivity contribution in [1.29, 1.82) is 0 Å². The van der Waals surface area contributed by atoms with Gasteiger partial charge in [-0.15, -0.1) is 0 Å². The van der Waals surface area contributed by atoms with E-state index in [2.05, 4.69) is 0 Å². The second kappa shape index (κ2) is 2.81. The molecule has 2 rings (SSSR count). The molecule has 0 spiro atoms. The number of carboxylic acid groups (broad SMARTS) is 1. The van der Waals surface area contributed by atoms with E-state index in [-0.39, 0.29) is 12.5 Å². The van der Waals surface area contributed by atoms with Crippen LogP contribution in [0.5, 0.6) is 0 Å². The van der Waals surface area contributed by atoms with Crippen LogP contribution in [0.15, 0.2) is 0 Å². The van der Waals surface area contributed by atoms with Crippen molar-refractivity contribution in [1.82, 2.24) is 4.90 Å². The lowest BCUT2D eigenvalue weighted by molar-refractivity contribution is -0.144. The van der Waals surface area contributed by atoms with Gasteiger partial charge in [-0.2, -0.15) is 8.42 Å². The van der Waals surface area contributed by atoms with Gasteiger partial charge in [0, 0.05) is 19.0 Å². The molecule has 0 bridgehead atoms. The number of carboxylic acids is 1. The van der Waals surface area contributed by atoms with E-state index in [1.54, 1.807) is 4.90 Å². The number of hydrogen-bond donors (Lipinski definition) is 1. The lowest BCUT2D eigenvalue weighted by Gasteiger charge is -2.36. The van der Waals surface area contributed by atoms with E-state index in [0.717, 1.165) is 6.42 Å². The Labute approximate surface area is 76.5 Å². The molecule has 0 aromatic rings. The molecule has 1 N–H and O–H groups in total. The molecule has 5 nitrogen and oxygen atoms in total. The van der Waals surface area contributed by atoms with Gasteiger partial charge in [0.15, 0.2) is 0 Å². The Balaban J connectivity index is 2.34. The zero-order valence-electron chi connectivity index (χ0n) is 6.80. The van der Waals surface area contributed by atoms with Gasteiger partial charge in [0.05, 0.1) is 4.86 Å². The Bertz CT molecular complexity index is 377. The smallest absolute Gasteiger partial charge is 0.321 e. The van der Waals surface area contributed by atoms with Gasteiger partial charge in [-0.3, -0.25) is 9.69 Å². The average molecular weight is 203 g/mol. The van der Waals surface area contributed by atoms with Crippen molar-refractivity contribution in [2.45, 2.75) is 24.9 Å². The Morgan fingerprint density at radius 1 is 1.54 bits per heavy atom. The summed E-state index contributed by atoms with van der Waals surface area (Å²) in [4.78, 5) is 12.8. The van der Waals surface area contributed by atoms with Crippen LogP contribution in [-0.2, 0) is 15.1 Å². The van der Waals surface area contributed by atoms with Crippen LogP contribution in [0, 0.1) is 0 Å². The van der Waals surface area contributed by atoms with Crippen LogP contribution in [0.25, 0.3) is 0 Å². The molecule has 2 aliphatic heterocycles. The second-order valence-corrected chi connectivity index (χ2v) is 4.30. The van der Waals surface area contributed by atoms with Crippen LogP contribution in [0.3, 0.4) is 0 Å². The molecule has 2 saturated heterocycles. The number of hydrogen-bond acceptors (Lipinski definition) is 4. The van der Waals surface area contributed by atoms with Crippen LogP contribution < -0.4 is 0 Å². The quantitative estimate of drug-likeness (QED) is 0.551. The second-order valence-electron chi connectivity index (χ2n) is 3.30. The molecule has 0 radical (unpaired) electrons. The molecule has 2 unspecified atom stereocenters. The summed E-state index contributed by atoms with van der Waals surface area (Å²) in [7, 11) is -2.22. The van der Waals surface area contributed by atoms with Gasteiger partial charge in [0.25, 0.3) is 0 Å². The molecule has 0 aromatic carbocycles. The van der Waals surface area contributed by atoms with Gasteiger partial charge in [-0.25, -0.2) is 0 Å². The van der Waals surface area contributed by atoms with Crippen molar-refractivity contribution in [3.8, 4) is 0 Å². The van der Waals surface area contributed by atoms with Crippen LogP contribution in [0.1, 0.15) is 12.8 Å². The van der Waals surface area contributed by atoms with E-state index < -0.39 is 22.3 Å². The van der Waals surface area contributed by atoms with Gasteiger partial charge in [0.2, 0.25) is 10.3 Å². The predicted molar refractivity (Wildman–Crippen MR) is 45.1 cm³/mol. The highest BCUT2D eigenvalue weighted by atomic mass is 32.2. The molecule has 0 aliphatic carbocycles. The molecule has 6 heteroatoms. The highest BCUT2D eigenvalue weighted by Crippen LogP contribution is 2.31.